The normalized spacial score (nSPS) is 24.8. The van der Waals surface area contributed by atoms with Gasteiger partial charge in [0.25, 0.3) is 0 Å². The summed E-state index contributed by atoms with van der Waals surface area (Å²) in [6, 6.07) is 11.3. The lowest BCUT2D eigenvalue weighted by Gasteiger charge is -2.35. The molecule has 0 amide bonds. The molecule has 1 nitrogen and oxygen atoms in total. The van der Waals surface area contributed by atoms with Crippen molar-refractivity contribution in [3.8, 4) is 0 Å². The van der Waals surface area contributed by atoms with Crippen molar-refractivity contribution >= 4 is 0 Å². The molecule has 1 heteroatoms. The Labute approximate surface area is 104 Å². The molecule has 0 spiro atoms. The average molecular weight is 227 g/mol. The maximum atomic E-state index is 3.85. The van der Waals surface area contributed by atoms with Crippen molar-refractivity contribution in [2.75, 3.05) is 6.54 Å². The van der Waals surface area contributed by atoms with E-state index >= 15 is 0 Å². The lowest BCUT2D eigenvalue weighted by atomic mass is 9.92. The van der Waals surface area contributed by atoms with Crippen LogP contribution >= 0.6 is 0 Å². The van der Waals surface area contributed by atoms with Gasteiger partial charge in [-0.25, -0.2) is 0 Å². The van der Waals surface area contributed by atoms with Gasteiger partial charge in [-0.2, -0.15) is 0 Å². The zero-order valence-electron chi connectivity index (χ0n) is 10.5. The Morgan fingerprint density at radius 2 is 2.12 bits per heavy atom. The topological polar surface area (TPSA) is 3.24 Å². The second-order valence-electron chi connectivity index (χ2n) is 4.77. The summed E-state index contributed by atoms with van der Waals surface area (Å²) in [5, 5.41) is 0. The Hall–Kier alpha value is -1.34. The second kappa shape index (κ2) is 5.83. The van der Waals surface area contributed by atoms with E-state index in [9.17, 15) is 0 Å². The summed E-state index contributed by atoms with van der Waals surface area (Å²) >= 11 is 0. The number of rotatable bonds is 4. The van der Waals surface area contributed by atoms with E-state index in [1.165, 1.54) is 5.56 Å². The van der Waals surface area contributed by atoms with Crippen molar-refractivity contribution in [2.24, 2.45) is 5.92 Å². The molecule has 1 aliphatic rings. The fourth-order valence-corrected chi connectivity index (χ4v) is 2.46. The molecule has 0 saturated carbocycles. The van der Waals surface area contributed by atoms with Crippen molar-refractivity contribution < 1.29 is 0 Å². The van der Waals surface area contributed by atoms with Gasteiger partial charge in [0, 0.05) is 19.1 Å². The molecule has 2 atom stereocenters. The molecule has 0 aliphatic carbocycles. The number of allylic oxidation sites excluding steroid dienone is 1. The van der Waals surface area contributed by atoms with Crippen molar-refractivity contribution in [1.29, 1.82) is 0 Å². The van der Waals surface area contributed by atoms with Crippen molar-refractivity contribution in [3.05, 3.63) is 60.7 Å². The van der Waals surface area contributed by atoms with Crippen LogP contribution in [0.25, 0.3) is 0 Å². The highest BCUT2D eigenvalue weighted by atomic mass is 15.2. The standard InChI is InChI=1S/C16H21N/c1-3-8-16-11-7-12-17(14(16)2)13-15-9-5-4-6-10-15/h3-7,9-11,14,16H,1,8,12-13H2,2H3/t14-,16+/m1/s1. The molecule has 90 valence electrons. The molecule has 1 heterocycles. The van der Waals surface area contributed by atoms with Crippen LogP contribution in [-0.2, 0) is 6.54 Å². The molecule has 0 radical (unpaired) electrons. The highest BCUT2D eigenvalue weighted by Gasteiger charge is 2.23. The van der Waals surface area contributed by atoms with Crippen LogP contribution < -0.4 is 0 Å². The lowest BCUT2D eigenvalue weighted by Crippen LogP contribution is -2.40. The van der Waals surface area contributed by atoms with Crippen LogP contribution in [0.2, 0.25) is 0 Å². The number of benzene rings is 1. The van der Waals surface area contributed by atoms with E-state index in [4.69, 9.17) is 0 Å². The molecule has 1 aromatic carbocycles. The minimum absolute atomic E-state index is 0.596. The summed E-state index contributed by atoms with van der Waals surface area (Å²) in [6.45, 7) is 8.27. The largest absolute Gasteiger partial charge is 0.292 e. The smallest absolute Gasteiger partial charge is 0.0240 e. The van der Waals surface area contributed by atoms with Crippen LogP contribution in [0.1, 0.15) is 18.9 Å². The molecule has 1 aromatic rings. The Bertz CT molecular complexity index is 380. The molecule has 0 fully saturated rings. The van der Waals surface area contributed by atoms with E-state index in [0.717, 1.165) is 19.5 Å². The zero-order chi connectivity index (χ0) is 12.1. The second-order valence-corrected chi connectivity index (χ2v) is 4.77. The van der Waals surface area contributed by atoms with Gasteiger partial charge in [0.15, 0.2) is 0 Å². The van der Waals surface area contributed by atoms with Crippen LogP contribution in [0.15, 0.2) is 55.1 Å². The molecular formula is C16H21N. The summed E-state index contributed by atoms with van der Waals surface area (Å²) in [4.78, 5) is 2.53. The molecular weight excluding hydrogens is 206 g/mol. The van der Waals surface area contributed by atoms with Gasteiger partial charge < -0.3 is 0 Å². The van der Waals surface area contributed by atoms with Crippen LogP contribution in [0.5, 0.6) is 0 Å². The van der Waals surface area contributed by atoms with Crippen molar-refractivity contribution in [2.45, 2.75) is 25.9 Å². The van der Waals surface area contributed by atoms with E-state index < -0.39 is 0 Å². The Kier molecular flexibility index (Phi) is 4.16. The van der Waals surface area contributed by atoms with Gasteiger partial charge in [-0.15, -0.1) is 6.58 Å². The molecule has 0 bridgehead atoms. The first-order valence-corrected chi connectivity index (χ1v) is 6.37. The Morgan fingerprint density at radius 1 is 1.35 bits per heavy atom. The molecule has 17 heavy (non-hydrogen) atoms. The molecule has 0 saturated heterocycles. The summed E-state index contributed by atoms with van der Waals surface area (Å²) in [6.07, 6.45) is 7.73. The fourth-order valence-electron chi connectivity index (χ4n) is 2.46. The first-order valence-electron chi connectivity index (χ1n) is 6.37. The average Bonchev–Trinajstić information content (AvgIpc) is 2.36. The number of hydrogen-bond donors (Lipinski definition) is 0. The Morgan fingerprint density at radius 3 is 2.82 bits per heavy atom. The maximum absolute atomic E-state index is 3.85. The molecule has 2 rings (SSSR count). The van der Waals surface area contributed by atoms with Gasteiger partial charge in [-0.05, 0) is 24.8 Å². The van der Waals surface area contributed by atoms with Crippen LogP contribution in [0.4, 0.5) is 0 Å². The highest BCUT2D eigenvalue weighted by Crippen LogP contribution is 2.23. The SMILES string of the molecule is C=CC[C@H]1C=CCN(Cc2ccccc2)[C@@H]1C. The summed E-state index contributed by atoms with van der Waals surface area (Å²) in [5.74, 6) is 0.616. The van der Waals surface area contributed by atoms with Crippen LogP contribution in [-0.4, -0.2) is 17.5 Å². The van der Waals surface area contributed by atoms with Gasteiger partial charge in [0.1, 0.15) is 0 Å². The third-order valence-electron chi connectivity index (χ3n) is 3.59. The number of hydrogen-bond acceptors (Lipinski definition) is 1. The minimum atomic E-state index is 0.596. The lowest BCUT2D eigenvalue weighted by molar-refractivity contribution is 0.171. The predicted molar refractivity (Wildman–Crippen MR) is 73.8 cm³/mol. The number of nitrogens with zero attached hydrogens (tertiary/aromatic N) is 1. The van der Waals surface area contributed by atoms with Gasteiger partial charge in [0.05, 0.1) is 0 Å². The first kappa shape index (κ1) is 12.1. The molecule has 0 N–H and O–H groups in total. The fraction of sp³-hybridized carbons (Fsp3) is 0.375. The summed E-state index contributed by atoms with van der Waals surface area (Å²) in [7, 11) is 0. The summed E-state index contributed by atoms with van der Waals surface area (Å²) in [5.41, 5.74) is 1.40. The highest BCUT2D eigenvalue weighted by molar-refractivity contribution is 5.15. The van der Waals surface area contributed by atoms with Crippen molar-refractivity contribution in [1.82, 2.24) is 4.90 Å². The van der Waals surface area contributed by atoms with Gasteiger partial charge >= 0.3 is 0 Å². The van der Waals surface area contributed by atoms with E-state index in [2.05, 4.69) is 60.9 Å². The first-order chi connectivity index (χ1) is 8.31. The minimum Gasteiger partial charge on any atom is -0.292 e. The van der Waals surface area contributed by atoms with Crippen LogP contribution in [0.3, 0.4) is 0 Å². The Balaban J connectivity index is 2.02. The quantitative estimate of drug-likeness (QED) is 0.710. The molecule has 0 aromatic heterocycles. The van der Waals surface area contributed by atoms with E-state index in [-0.39, 0.29) is 0 Å². The van der Waals surface area contributed by atoms with Gasteiger partial charge in [-0.3, -0.25) is 4.90 Å². The predicted octanol–water partition coefficient (Wildman–Crippen LogP) is 3.64. The van der Waals surface area contributed by atoms with E-state index in [1.54, 1.807) is 0 Å². The van der Waals surface area contributed by atoms with E-state index in [0.29, 0.717) is 12.0 Å². The van der Waals surface area contributed by atoms with Crippen molar-refractivity contribution in [3.63, 3.8) is 0 Å². The summed E-state index contributed by atoms with van der Waals surface area (Å²) < 4.78 is 0. The van der Waals surface area contributed by atoms with E-state index in [1.807, 2.05) is 6.08 Å². The molecule has 0 unspecified atom stereocenters. The van der Waals surface area contributed by atoms with Gasteiger partial charge in [-0.1, -0.05) is 48.6 Å². The molecule has 1 aliphatic heterocycles. The zero-order valence-corrected chi connectivity index (χ0v) is 10.5. The third kappa shape index (κ3) is 3.07. The van der Waals surface area contributed by atoms with Crippen LogP contribution in [0, 0.1) is 5.92 Å². The third-order valence-corrected chi connectivity index (χ3v) is 3.59. The van der Waals surface area contributed by atoms with Gasteiger partial charge in [0.2, 0.25) is 0 Å². The maximum Gasteiger partial charge on any atom is 0.0240 e. The monoisotopic (exact) mass is 227 g/mol.